The van der Waals surface area contributed by atoms with Crippen molar-refractivity contribution in [2.75, 3.05) is 13.2 Å². The molecule has 88 valence electrons. The predicted molar refractivity (Wildman–Crippen MR) is 66.5 cm³/mol. The Bertz CT molecular complexity index is 373. The van der Waals surface area contributed by atoms with E-state index >= 15 is 0 Å². The second-order valence-corrected chi connectivity index (χ2v) is 4.98. The highest BCUT2D eigenvalue weighted by Gasteiger charge is 2.22. The third-order valence-electron chi connectivity index (χ3n) is 2.55. The van der Waals surface area contributed by atoms with Crippen LogP contribution in [0.3, 0.4) is 0 Å². The minimum Gasteiger partial charge on any atom is -0.496 e. The van der Waals surface area contributed by atoms with Crippen LogP contribution in [-0.4, -0.2) is 18.1 Å². The maximum Gasteiger partial charge on any atom is 0.115 e. The van der Waals surface area contributed by atoms with Crippen LogP contribution in [0.5, 0.6) is 0 Å². The van der Waals surface area contributed by atoms with Gasteiger partial charge < -0.3 is 10.1 Å². The third-order valence-corrected chi connectivity index (χ3v) is 3.34. The molecule has 1 aromatic heterocycles. The van der Waals surface area contributed by atoms with Crippen LogP contribution >= 0.6 is 11.3 Å². The Hall–Kier alpha value is -0.870. The first-order valence-electron chi connectivity index (χ1n) is 5.79. The van der Waals surface area contributed by atoms with E-state index < -0.39 is 0 Å². The van der Waals surface area contributed by atoms with E-state index in [1.54, 1.807) is 11.3 Å². The molecule has 4 heteroatoms. The van der Waals surface area contributed by atoms with Crippen molar-refractivity contribution >= 4 is 11.3 Å². The molecular weight excluding hydrogens is 220 g/mol. The van der Waals surface area contributed by atoms with E-state index in [1.165, 1.54) is 0 Å². The summed E-state index contributed by atoms with van der Waals surface area (Å²) in [5.41, 5.74) is 1.09. The first-order chi connectivity index (χ1) is 7.81. The predicted octanol–water partition coefficient (Wildman–Crippen LogP) is 2.80. The van der Waals surface area contributed by atoms with Gasteiger partial charge in [-0.15, -0.1) is 11.3 Å². The molecule has 2 heterocycles. The maximum atomic E-state index is 5.64. The highest BCUT2D eigenvalue weighted by molar-refractivity contribution is 7.09. The number of rotatable bonds is 5. The number of aromatic nitrogens is 1. The Balaban J connectivity index is 2.13. The van der Waals surface area contributed by atoms with Gasteiger partial charge in [-0.25, -0.2) is 4.98 Å². The maximum absolute atomic E-state index is 5.64. The lowest BCUT2D eigenvalue weighted by Gasteiger charge is -2.17. The molecular formula is C12H18N2OS. The zero-order valence-corrected chi connectivity index (χ0v) is 10.6. The Morgan fingerprint density at radius 1 is 1.62 bits per heavy atom. The van der Waals surface area contributed by atoms with E-state index in [9.17, 15) is 0 Å². The molecule has 1 aliphatic rings. The zero-order chi connectivity index (χ0) is 11.4. The van der Waals surface area contributed by atoms with Crippen LogP contribution in [0.25, 0.3) is 0 Å². The topological polar surface area (TPSA) is 34.1 Å². The van der Waals surface area contributed by atoms with Crippen molar-refractivity contribution < 1.29 is 4.74 Å². The smallest absolute Gasteiger partial charge is 0.115 e. The van der Waals surface area contributed by atoms with Gasteiger partial charge in [0.05, 0.1) is 17.3 Å². The van der Waals surface area contributed by atoms with Gasteiger partial charge in [0.1, 0.15) is 11.8 Å². The van der Waals surface area contributed by atoms with Crippen LogP contribution in [0, 0.1) is 6.92 Å². The van der Waals surface area contributed by atoms with Gasteiger partial charge in [0.2, 0.25) is 0 Å². The monoisotopic (exact) mass is 238 g/mol. The number of thiazole rings is 1. The van der Waals surface area contributed by atoms with Crippen molar-refractivity contribution in [2.24, 2.45) is 0 Å². The van der Waals surface area contributed by atoms with Gasteiger partial charge in [0, 0.05) is 11.8 Å². The number of hydrogen-bond acceptors (Lipinski definition) is 4. The minimum absolute atomic E-state index is 0.146. The molecule has 1 N–H and O–H groups in total. The van der Waals surface area contributed by atoms with E-state index in [1.807, 2.05) is 6.92 Å². The highest BCUT2D eigenvalue weighted by atomic mass is 32.1. The lowest BCUT2D eigenvalue weighted by Crippen LogP contribution is -2.24. The van der Waals surface area contributed by atoms with Gasteiger partial charge in [0.25, 0.3) is 0 Å². The van der Waals surface area contributed by atoms with Crippen LogP contribution in [0.15, 0.2) is 17.2 Å². The second kappa shape index (κ2) is 5.46. The molecule has 0 spiro atoms. The van der Waals surface area contributed by atoms with Crippen molar-refractivity contribution in [3.63, 3.8) is 0 Å². The molecule has 0 saturated carbocycles. The average molecular weight is 238 g/mol. The summed E-state index contributed by atoms with van der Waals surface area (Å²) < 4.78 is 5.64. The number of aryl methyl sites for hydroxylation is 1. The quantitative estimate of drug-likeness (QED) is 0.856. The summed E-state index contributed by atoms with van der Waals surface area (Å²) in [7, 11) is 0. The first kappa shape index (κ1) is 11.6. The van der Waals surface area contributed by atoms with Crippen molar-refractivity contribution in [3.8, 4) is 0 Å². The summed E-state index contributed by atoms with van der Waals surface area (Å²) in [6, 6.07) is 0.146. The molecule has 1 aliphatic heterocycles. The molecule has 1 unspecified atom stereocenters. The normalized spacial score (nSPS) is 17.0. The summed E-state index contributed by atoms with van der Waals surface area (Å²) in [5, 5.41) is 6.72. The van der Waals surface area contributed by atoms with Crippen molar-refractivity contribution in [1.29, 1.82) is 0 Å². The molecule has 1 aromatic rings. The Kier molecular flexibility index (Phi) is 3.96. The van der Waals surface area contributed by atoms with Gasteiger partial charge in [-0.3, -0.25) is 0 Å². The number of nitrogens with zero attached hydrogens (tertiary/aromatic N) is 1. The Labute approximate surface area is 101 Å². The minimum atomic E-state index is 0.146. The largest absolute Gasteiger partial charge is 0.496 e. The van der Waals surface area contributed by atoms with Gasteiger partial charge in [-0.2, -0.15) is 0 Å². The van der Waals surface area contributed by atoms with E-state index in [0.717, 1.165) is 42.5 Å². The molecule has 0 saturated heterocycles. The molecule has 0 radical (unpaired) electrons. The molecule has 2 rings (SSSR count). The molecule has 0 aliphatic carbocycles. The highest BCUT2D eigenvalue weighted by Crippen LogP contribution is 2.27. The van der Waals surface area contributed by atoms with Crippen LogP contribution in [0.4, 0.5) is 0 Å². The van der Waals surface area contributed by atoms with Gasteiger partial charge >= 0.3 is 0 Å². The second-order valence-electron chi connectivity index (χ2n) is 3.92. The molecule has 1 atom stereocenters. The zero-order valence-electron chi connectivity index (χ0n) is 9.82. The molecule has 16 heavy (non-hydrogen) atoms. The Morgan fingerprint density at radius 2 is 2.50 bits per heavy atom. The van der Waals surface area contributed by atoms with Crippen LogP contribution in [0.1, 0.15) is 36.5 Å². The lowest BCUT2D eigenvalue weighted by atomic mass is 10.1. The molecule has 0 bridgehead atoms. The fourth-order valence-electron chi connectivity index (χ4n) is 1.79. The number of nitrogens with one attached hydrogen (secondary N) is 1. The summed E-state index contributed by atoms with van der Waals surface area (Å²) in [6.07, 6.45) is 4.30. The summed E-state index contributed by atoms with van der Waals surface area (Å²) in [5.74, 6) is 1.04. The van der Waals surface area contributed by atoms with E-state index in [0.29, 0.717) is 0 Å². The van der Waals surface area contributed by atoms with E-state index in [-0.39, 0.29) is 6.04 Å². The van der Waals surface area contributed by atoms with Gasteiger partial charge in [-0.05, 0) is 26.0 Å². The van der Waals surface area contributed by atoms with Gasteiger partial charge in [-0.1, -0.05) is 6.92 Å². The van der Waals surface area contributed by atoms with Crippen molar-refractivity contribution in [3.05, 3.63) is 27.9 Å². The van der Waals surface area contributed by atoms with Gasteiger partial charge in [0.15, 0.2) is 0 Å². The molecule has 3 nitrogen and oxygen atoms in total. The average Bonchev–Trinajstić information content (AvgIpc) is 2.91. The standard InChI is InChI=1S/C12H18N2OS/c1-3-6-13-12(11-5-4-7-15-11)10-8-16-9(2)14-10/h5,8,12-13H,3-4,6-7H2,1-2H3. The lowest BCUT2D eigenvalue weighted by molar-refractivity contribution is 0.214. The summed E-state index contributed by atoms with van der Waals surface area (Å²) >= 11 is 1.69. The fourth-order valence-corrected chi connectivity index (χ4v) is 2.43. The SMILES string of the molecule is CCCNC(C1=CCCO1)c1csc(C)n1. The first-order valence-corrected chi connectivity index (χ1v) is 6.67. The summed E-state index contributed by atoms with van der Waals surface area (Å²) in [4.78, 5) is 4.54. The van der Waals surface area contributed by atoms with Crippen LogP contribution in [0.2, 0.25) is 0 Å². The van der Waals surface area contributed by atoms with E-state index in [2.05, 4.69) is 28.7 Å². The molecule has 0 aromatic carbocycles. The fraction of sp³-hybridized carbons (Fsp3) is 0.583. The Morgan fingerprint density at radius 3 is 3.06 bits per heavy atom. The number of ether oxygens (including phenoxy) is 1. The molecule has 0 fully saturated rings. The summed E-state index contributed by atoms with van der Waals surface area (Å²) in [6.45, 7) is 6.00. The third kappa shape index (κ3) is 2.62. The van der Waals surface area contributed by atoms with Crippen molar-refractivity contribution in [1.82, 2.24) is 10.3 Å². The molecule has 0 amide bonds. The van der Waals surface area contributed by atoms with Crippen LogP contribution in [-0.2, 0) is 4.74 Å². The van der Waals surface area contributed by atoms with Crippen molar-refractivity contribution in [2.45, 2.75) is 32.7 Å². The van der Waals surface area contributed by atoms with Crippen LogP contribution < -0.4 is 5.32 Å². The number of hydrogen-bond donors (Lipinski definition) is 1. The van der Waals surface area contributed by atoms with E-state index in [4.69, 9.17) is 4.74 Å².